The third-order valence-corrected chi connectivity index (χ3v) is 5.94. The van der Waals surface area contributed by atoms with Gasteiger partial charge in [-0.15, -0.1) is 0 Å². The maximum atomic E-state index is 13.5. The van der Waals surface area contributed by atoms with Gasteiger partial charge in [-0.2, -0.15) is 0 Å². The second-order valence-corrected chi connectivity index (χ2v) is 8.02. The van der Waals surface area contributed by atoms with Crippen LogP contribution in [0.1, 0.15) is 18.0 Å². The van der Waals surface area contributed by atoms with Crippen molar-refractivity contribution in [1.29, 1.82) is 0 Å². The van der Waals surface area contributed by atoms with Gasteiger partial charge in [0.2, 0.25) is 11.8 Å². The van der Waals surface area contributed by atoms with Crippen molar-refractivity contribution in [3.63, 3.8) is 0 Å². The van der Waals surface area contributed by atoms with Crippen LogP contribution in [0.15, 0.2) is 66.7 Å². The molecular weight excluding hydrogens is 447 g/mol. The summed E-state index contributed by atoms with van der Waals surface area (Å²) in [5, 5.41) is 2.68. The molecule has 0 spiro atoms. The maximum absolute atomic E-state index is 13.5. The van der Waals surface area contributed by atoms with E-state index < -0.39 is 17.8 Å². The first-order chi connectivity index (χ1) is 15.9. The number of nitrogens with zero attached hydrogens (tertiary/aromatic N) is 1. The number of nitrogens with one attached hydrogen (secondary N) is 1. The largest absolute Gasteiger partial charge is 0.497 e. The zero-order valence-electron chi connectivity index (χ0n) is 18.0. The number of hydrogen-bond donors (Lipinski definition) is 1. The Kier molecular flexibility index (Phi) is 6.51. The lowest BCUT2D eigenvalue weighted by Crippen LogP contribution is -2.32. The number of rotatable bonds is 6. The molecule has 0 saturated carbocycles. The Morgan fingerprint density at radius 3 is 2.18 bits per heavy atom. The van der Waals surface area contributed by atoms with Gasteiger partial charge in [-0.25, -0.2) is 4.39 Å². The van der Waals surface area contributed by atoms with Crippen molar-refractivity contribution in [3.8, 4) is 11.5 Å². The Hall–Kier alpha value is -3.58. The highest BCUT2D eigenvalue weighted by Crippen LogP contribution is 2.42. The minimum Gasteiger partial charge on any atom is -0.497 e. The fourth-order valence-corrected chi connectivity index (χ4v) is 4.19. The molecule has 0 aromatic heterocycles. The van der Waals surface area contributed by atoms with Crippen molar-refractivity contribution in [2.75, 3.05) is 24.4 Å². The van der Waals surface area contributed by atoms with Crippen LogP contribution in [0, 0.1) is 11.7 Å². The van der Waals surface area contributed by atoms with Gasteiger partial charge < -0.3 is 19.7 Å². The summed E-state index contributed by atoms with van der Waals surface area (Å²) in [6.45, 7) is 0. The molecule has 33 heavy (non-hydrogen) atoms. The quantitative estimate of drug-likeness (QED) is 0.538. The van der Waals surface area contributed by atoms with Crippen molar-refractivity contribution in [2.45, 2.75) is 12.5 Å². The van der Waals surface area contributed by atoms with Crippen LogP contribution >= 0.6 is 11.6 Å². The van der Waals surface area contributed by atoms with Crippen LogP contribution in [-0.2, 0) is 9.59 Å². The Morgan fingerprint density at radius 2 is 1.61 bits per heavy atom. The molecule has 3 aromatic carbocycles. The smallest absolute Gasteiger partial charge is 0.230 e. The molecule has 2 atom stereocenters. The van der Waals surface area contributed by atoms with Crippen molar-refractivity contribution >= 4 is 34.8 Å². The van der Waals surface area contributed by atoms with Crippen LogP contribution in [0.4, 0.5) is 15.8 Å². The highest BCUT2D eigenvalue weighted by atomic mass is 35.5. The molecule has 6 nitrogen and oxygen atoms in total. The first kappa shape index (κ1) is 22.6. The van der Waals surface area contributed by atoms with Gasteiger partial charge in [0.1, 0.15) is 17.3 Å². The Bertz CT molecular complexity index is 1170. The lowest BCUT2D eigenvalue weighted by Gasteiger charge is -2.28. The van der Waals surface area contributed by atoms with Crippen LogP contribution < -0.4 is 19.7 Å². The van der Waals surface area contributed by atoms with E-state index in [0.29, 0.717) is 22.9 Å². The monoisotopic (exact) mass is 468 g/mol. The van der Waals surface area contributed by atoms with E-state index in [1.165, 1.54) is 18.2 Å². The molecule has 1 aliphatic heterocycles. The fraction of sp³-hybridized carbons (Fsp3) is 0.200. The van der Waals surface area contributed by atoms with Gasteiger partial charge in [0, 0.05) is 17.8 Å². The number of hydrogen-bond acceptors (Lipinski definition) is 4. The van der Waals surface area contributed by atoms with E-state index in [0.717, 1.165) is 5.56 Å². The molecule has 1 fully saturated rings. The normalized spacial score (nSPS) is 17.7. The van der Waals surface area contributed by atoms with Crippen molar-refractivity contribution < 1.29 is 23.5 Å². The third-order valence-electron chi connectivity index (χ3n) is 5.65. The van der Waals surface area contributed by atoms with Gasteiger partial charge in [0.05, 0.1) is 31.2 Å². The van der Waals surface area contributed by atoms with Gasteiger partial charge in [-0.05, 0) is 60.2 Å². The summed E-state index contributed by atoms with van der Waals surface area (Å²) < 4.78 is 24.0. The van der Waals surface area contributed by atoms with Crippen molar-refractivity contribution in [3.05, 3.63) is 83.1 Å². The average Bonchev–Trinajstić information content (AvgIpc) is 3.18. The summed E-state index contributed by atoms with van der Waals surface area (Å²) in [5.41, 5.74) is 1.80. The first-order valence-electron chi connectivity index (χ1n) is 10.3. The van der Waals surface area contributed by atoms with E-state index in [1.54, 1.807) is 55.5 Å². The zero-order valence-corrected chi connectivity index (χ0v) is 18.8. The van der Waals surface area contributed by atoms with Crippen LogP contribution in [0.5, 0.6) is 11.5 Å². The van der Waals surface area contributed by atoms with E-state index in [9.17, 15) is 14.0 Å². The first-order valence-corrected chi connectivity index (χ1v) is 10.6. The molecule has 8 heteroatoms. The standard InChI is InChI=1S/C25H22ClFN2O4/c1-32-18-8-3-15(4-9-18)24-20(25(31)28-16-5-12-22(27)21(26)13-16)14-23(30)29(24)17-6-10-19(33-2)11-7-17/h3-13,20,24H,14H2,1-2H3,(H,28,31)/t20-,24-/m0/s1. The number of methoxy groups -OCH3 is 2. The molecule has 3 aromatic rings. The lowest BCUT2D eigenvalue weighted by atomic mass is 9.92. The van der Waals surface area contributed by atoms with Crippen molar-refractivity contribution in [1.82, 2.24) is 0 Å². The Balaban J connectivity index is 1.70. The number of carbonyl (C=O) groups is 2. The summed E-state index contributed by atoms with van der Waals surface area (Å²) in [6, 6.07) is 17.8. The summed E-state index contributed by atoms with van der Waals surface area (Å²) in [6.07, 6.45) is 0.0173. The highest BCUT2D eigenvalue weighted by Gasteiger charge is 2.45. The SMILES string of the molecule is COc1ccc([C@H]2[C@@H](C(=O)Nc3ccc(F)c(Cl)c3)CC(=O)N2c2ccc(OC)cc2)cc1. The summed E-state index contributed by atoms with van der Waals surface area (Å²) in [7, 11) is 3.14. The molecule has 2 amide bonds. The Labute approximate surface area is 195 Å². The molecule has 0 bridgehead atoms. The number of benzene rings is 3. The van der Waals surface area contributed by atoms with Crippen LogP contribution in [-0.4, -0.2) is 26.0 Å². The Morgan fingerprint density at radius 1 is 1.00 bits per heavy atom. The molecule has 1 aliphatic rings. The molecule has 0 aliphatic carbocycles. The molecule has 1 N–H and O–H groups in total. The third kappa shape index (κ3) is 4.64. The topological polar surface area (TPSA) is 67.9 Å². The molecule has 1 heterocycles. The minimum atomic E-state index is -0.683. The van der Waals surface area contributed by atoms with Gasteiger partial charge in [-0.3, -0.25) is 9.59 Å². The number of halogens is 2. The number of carbonyl (C=O) groups excluding carboxylic acids is 2. The van der Waals surface area contributed by atoms with Gasteiger partial charge in [0.25, 0.3) is 0 Å². The van der Waals surface area contributed by atoms with Crippen molar-refractivity contribution in [2.24, 2.45) is 5.92 Å². The maximum Gasteiger partial charge on any atom is 0.230 e. The predicted octanol–water partition coefficient (Wildman–Crippen LogP) is 5.23. The summed E-state index contributed by atoms with van der Waals surface area (Å²) in [5.74, 6) is -0.472. The lowest BCUT2D eigenvalue weighted by molar-refractivity contribution is -0.122. The van der Waals surface area contributed by atoms with E-state index in [-0.39, 0.29) is 23.3 Å². The summed E-state index contributed by atoms with van der Waals surface area (Å²) in [4.78, 5) is 28.0. The fourth-order valence-electron chi connectivity index (χ4n) is 4.01. The molecule has 170 valence electrons. The second kappa shape index (κ2) is 9.50. The zero-order chi connectivity index (χ0) is 23.5. The predicted molar refractivity (Wildman–Crippen MR) is 124 cm³/mol. The average molecular weight is 469 g/mol. The molecule has 0 unspecified atom stereocenters. The van der Waals surface area contributed by atoms with Gasteiger partial charge in [-0.1, -0.05) is 23.7 Å². The van der Waals surface area contributed by atoms with Gasteiger partial charge >= 0.3 is 0 Å². The van der Waals surface area contributed by atoms with E-state index in [2.05, 4.69) is 5.32 Å². The summed E-state index contributed by atoms with van der Waals surface area (Å²) >= 11 is 5.85. The molecule has 0 radical (unpaired) electrons. The van der Waals surface area contributed by atoms with Crippen LogP contribution in [0.2, 0.25) is 5.02 Å². The molecular formula is C25H22ClFN2O4. The molecule has 1 saturated heterocycles. The molecule has 4 rings (SSSR count). The number of anilines is 2. The minimum absolute atomic E-state index is 0.0173. The highest BCUT2D eigenvalue weighted by molar-refractivity contribution is 6.31. The number of amides is 2. The second-order valence-electron chi connectivity index (χ2n) is 7.61. The van der Waals surface area contributed by atoms with E-state index in [4.69, 9.17) is 21.1 Å². The van der Waals surface area contributed by atoms with E-state index in [1.807, 2.05) is 12.1 Å². The van der Waals surface area contributed by atoms with Gasteiger partial charge in [0.15, 0.2) is 0 Å². The van der Waals surface area contributed by atoms with E-state index >= 15 is 0 Å². The number of ether oxygens (including phenoxy) is 2. The van der Waals surface area contributed by atoms with Crippen LogP contribution in [0.3, 0.4) is 0 Å². The van der Waals surface area contributed by atoms with Crippen LogP contribution in [0.25, 0.3) is 0 Å².